The van der Waals surface area contributed by atoms with Crippen molar-refractivity contribution in [3.63, 3.8) is 0 Å². The molecule has 0 unspecified atom stereocenters. The normalized spacial score (nSPS) is 19.8. The summed E-state index contributed by atoms with van der Waals surface area (Å²) in [6, 6.07) is 34.9. The van der Waals surface area contributed by atoms with Crippen LogP contribution in [0, 0.1) is 26.0 Å². The summed E-state index contributed by atoms with van der Waals surface area (Å²) in [5, 5.41) is 0. The molecule has 0 saturated heterocycles. The first-order valence-corrected chi connectivity index (χ1v) is 23.4. The van der Waals surface area contributed by atoms with Crippen LogP contribution in [0.2, 0.25) is 0 Å². The van der Waals surface area contributed by atoms with Crippen LogP contribution in [0.1, 0.15) is 177 Å². The number of nitrogens with zero attached hydrogens (tertiary/aromatic N) is 2. The Labute approximate surface area is 369 Å². The lowest BCUT2D eigenvalue weighted by molar-refractivity contribution is 0.331. The van der Waals surface area contributed by atoms with Crippen LogP contribution in [0.15, 0.2) is 72.4 Å². The Bertz CT molecular complexity index is 2710. The largest absolute Gasteiger partial charge is 0.311 e. The van der Waals surface area contributed by atoms with Crippen molar-refractivity contribution in [3.05, 3.63) is 140 Å². The molecule has 0 spiro atoms. The predicted octanol–water partition coefficient (Wildman–Crippen LogP) is 14.1. The van der Waals surface area contributed by atoms with E-state index in [-0.39, 0.29) is 33.8 Å². The van der Waals surface area contributed by atoms with Crippen molar-refractivity contribution in [2.45, 2.75) is 169 Å². The standard InChI is InChI=1S/C58H67BN2/c1-34(2)37-16-17-38-30-51-52(41(38)29-37)59-46-31-43-45(58(14,15)25-23-56(43,10)11)33-48(46)61(47-32-44-42(28-36(47)4)55(8,9)22-24-57(44,12)13)50-27-35(3)26-49(53(50)59)60(51)40-20-18-39(19-21-40)54(5,6)7/h16-18,20,26-29,31-34H,22-25,30H2,1-15H3. The van der Waals surface area contributed by atoms with Gasteiger partial charge in [0.1, 0.15) is 0 Å². The molecule has 2 nitrogen and oxygen atoms in total. The van der Waals surface area contributed by atoms with Crippen molar-refractivity contribution >= 4 is 51.5 Å². The van der Waals surface area contributed by atoms with Crippen LogP contribution in [0.25, 0.3) is 5.47 Å². The molecular weight excluding hydrogens is 735 g/mol. The molecule has 3 aliphatic carbocycles. The SMILES string of the molecule is Cc1cc2c3c(c1)N(c1cc4c(cc1C)C(C)(C)CCC4(C)C)c1cc4c(cc1B3C1=C(Cc3ccc(C(C)C)cc31)N2c1c#cc(C(C)(C)C)cc1)C(C)(C)CCC4(C)C. The van der Waals surface area contributed by atoms with E-state index in [1.54, 1.807) is 0 Å². The van der Waals surface area contributed by atoms with Gasteiger partial charge in [0.15, 0.2) is 0 Å². The summed E-state index contributed by atoms with van der Waals surface area (Å²) in [4.78, 5) is 5.32. The van der Waals surface area contributed by atoms with E-state index in [1.165, 1.54) is 126 Å². The third-order valence-corrected chi connectivity index (χ3v) is 16.1. The lowest BCUT2D eigenvalue weighted by atomic mass is 9.32. The summed E-state index contributed by atoms with van der Waals surface area (Å²) in [5.41, 5.74) is 26.6. The van der Waals surface area contributed by atoms with E-state index in [4.69, 9.17) is 0 Å². The molecule has 0 bridgehead atoms. The van der Waals surface area contributed by atoms with Crippen LogP contribution in [-0.4, -0.2) is 6.71 Å². The molecule has 0 fully saturated rings. The fourth-order valence-corrected chi connectivity index (χ4v) is 11.9. The second-order valence-electron chi connectivity index (χ2n) is 23.7. The van der Waals surface area contributed by atoms with E-state index < -0.39 is 0 Å². The smallest absolute Gasteiger partial charge is 0.252 e. The highest BCUT2D eigenvalue weighted by Gasteiger charge is 2.50. The number of fused-ring (bicyclic) bond motifs is 7. The van der Waals surface area contributed by atoms with Crippen LogP contribution in [0.4, 0.5) is 28.4 Å². The fraction of sp³-hybridized carbons (Fsp3) is 0.448. The Morgan fingerprint density at radius 3 is 1.72 bits per heavy atom. The van der Waals surface area contributed by atoms with Gasteiger partial charge in [-0.05, 0) is 181 Å². The Hall–Kier alpha value is -4.68. The average molecular weight is 803 g/mol. The lowest BCUT2D eigenvalue weighted by Gasteiger charge is -2.48. The molecule has 0 atom stereocenters. The Kier molecular flexibility index (Phi) is 8.57. The van der Waals surface area contributed by atoms with Gasteiger partial charge < -0.3 is 9.80 Å². The van der Waals surface area contributed by atoms with Crippen LogP contribution in [0.5, 0.6) is 0 Å². The average Bonchev–Trinajstić information content (AvgIpc) is 3.56. The van der Waals surface area contributed by atoms with Crippen LogP contribution in [-0.2, 0) is 33.5 Å². The Balaban J connectivity index is 1.33. The molecule has 0 N–H and O–H groups in total. The monoisotopic (exact) mass is 803 g/mol. The maximum atomic E-state index is 3.75. The third kappa shape index (κ3) is 5.97. The molecule has 312 valence electrons. The van der Waals surface area contributed by atoms with Gasteiger partial charge in [-0.25, -0.2) is 0 Å². The highest BCUT2D eigenvalue weighted by Crippen LogP contribution is 2.55. The van der Waals surface area contributed by atoms with Gasteiger partial charge in [0, 0.05) is 40.4 Å². The van der Waals surface area contributed by atoms with E-state index in [0.717, 1.165) is 12.1 Å². The summed E-state index contributed by atoms with van der Waals surface area (Å²) in [7, 11) is 0. The highest BCUT2D eigenvalue weighted by atomic mass is 15.2. The lowest BCUT2D eigenvalue weighted by Crippen LogP contribution is -2.56. The van der Waals surface area contributed by atoms with Crippen LogP contribution in [0.3, 0.4) is 0 Å². The molecule has 61 heavy (non-hydrogen) atoms. The summed E-state index contributed by atoms with van der Waals surface area (Å²) in [6.45, 7) is 36.1. The van der Waals surface area contributed by atoms with Crippen molar-refractivity contribution in [1.29, 1.82) is 0 Å². The molecule has 2 aliphatic heterocycles. The van der Waals surface area contributed by atoms with Gasteiger partial charge in [-0.2, -0.15) is 0 Å². The highest BCUT2D eigenvalue weighted by molar-refractivity contribution is 7.03. The number of allylic oxidation sites excluding steroid dienone is 1. The number of anilines is 5. The minimum atomic E-state index is -0.00595. The number of aryl methyl sites for hydroxylation is 2. The molecular formula is C58H67BN2. The summed E-state index contributed by atoms with van der Waals surface area (Å²) >= 11 is 0. The van der Waals surface area contributed by atoms with Gasteiger partial charge >= 0.3 is 0 Å². The second-order valence-corrected chi connectivity index (χ2v) is 23.7. The molecule has 0 aromatic heterocycles. The zero-order chi connectivity index (χ0) is 43.5. The molecule has 0 saturated carbocycles. The topological polar surface area (TPSA) is 6.48 Å². The summed E-state index contributed by atoms with van der Waals surface area (Å²) in [6.07, 6.45) is 5.67. The van der Waals surface area contributed by atoms with Gasteiger partial charge in [-0.15, -0.1) is 0 Å². The van der Waals surface area contributed by atoms with Gasteiger partial charge in [-0.1, -0.05) is 126 Å². The summed E-state index contributed by atoms with van der Waals surface area (Å²) in [5.74, 6) is 0.443. The quantitative estimate of drug-likeness (QED) is 0.168. The molecule has 5 aromatic rings. The number of benzene rings is 4. The minimum Gasteiger partial charge on any atom is -0.311 e. The van der Waals surface area contributed by atoms with Gasteiger partial charge in [0.2, 0.25) is 0 Å². The first-order chi connectivity index (χ1) is 28.5. The summed E-state index contributed by atoms with van der Waals surface area (Å²) < 4.78 is 0. The molecule has 5 aromatic carbocycles. The molecule has 3 heteroatoms. The van der Waals surface area contributed by atoms with Crippen molar-refractivity contribution < 1.29 is 0 Å². The van der Waals surface area contributed by atoms with Gasteiger partial charge in [0.05, 0.1) is 5.69 Å². The zero-order valence-corrected chi connectivity index (χ0v) is 39.9. The number of hydrogen-bond donors (Lipinski definition) is 0. The molecule has 2 heterocycles. The van der Waals surface area contributed by atoms with Gasteiger partial charge in [-0.3, -0.25) is 0 Å². The number of hydrogen-bond acceptors (Lipinski definition) is 2. The zero-order valence-electron chi connectivity index (χ0n) is 39.9. The molecule has 0 radical (unpaired) electrons. The molecule has 10 rings (SSSR count). The molecule has 5 aliphatic rings. The van der Waals surface area contributed by atoms with Crippen LogP contribution < -0.4 is 20.7 Å². The van der Waals surface area contributed by atoms with E-state index in [9.17, 15) is 0 Å². The first kappa shape index (κ1) is 40.4. The van der Waals surface area contributed by atoms with E-state index in [1.807, 2.05) is 0 Å². The van der Waals surface area contributed by atoms with E-state index in [0.29, 0.717) is 5.92 Å². The van der Waals surface area contributed by atoms with Crippen molar-refractivity contribution in [2.24, 2.45) is 0 Å². The maximum absolute atomic E-state index is 3.75. The van der Waals surface area contributed by atoms with Crippen LogP contribution >= 0.6 is 0 Å². The Morgan fingerprint density at radius 1 is 0.607 bits per heavy atom. The van der Waals surface area contributed by atoms with E-state index >= 15 is 0 Å². The van der Waals surface area contributed by atoms with Crippen molar-refractivity contribution in [2.75, 3.05) is 9.80 Å². The minimum absolute atomic E-state index is 0.00595. The third-order valence-electron chi connectivity index (χ3n) is 16.1. The van der Waals surface area contributed by atoms with E-state index in [2.05, 4.69) is 193 Å². The van der Waals surface area contributed by atoms with Gasteiger partial charge in [0.25, 0.3) is 6.71 Å². The maximum Gasteiger partial charge on any atom is 0.252 e. The number of rotatable bonds is 3. The first-order valence-electron chi connectivity index (χ1n) is 23.4. The fourth-order valence-electron chi connectivity index (χ4n) is 11.9. The Morgan fingerprint density at radius 2 is 1.16 bits per heavy atom. The second kappa shape index (κ2) is 12.9. The van der Waals surface area contributed by atoms with Crippen molar-refractivity contribution in [1.82, 2.24) is 0 Å². The van der Waals surface area contributed by atoms with Crippen molar-refractivity contribution in [3.8, 4) is 0 Å². The molecule has 0 amide bonds. The predicted molar refractivity (Wildman–Crippen MR) is 262 cm³/mol.